The van der Waals surface area contributed by atoms with E-state index < -0.39 is 5.60 Å². The van der Waals surface area contributed by atoms with Crippen LogP contribution in [0, 0.1) is 6.42 Å². The molecular formula is C24H30ClN4O3. The van der Waals surface area contributed by atoms with Gasteiger partial charge in [0.1, 0.15) is 11.4 Å². The van der Waals surface area contributed by atoms with Crippen LogP contribution in [0.4, 0.5) is 16.3 Å². The van der Waals surface area contributed by atoms with Gasteiger partial charge in [0.2, 0.25) is 0 Å². The third kappa shape index (κ3) is 5.91. The summed E-state index contributed by atoms with van der Waals surface area (Å²) in [4.78, 5) is 33.2. The van der Waals surface area contributed by atoms with Crippen molar-refractivity contribution in [1.82, 2.24) is 9.88 Å². The van der Waals surface area contributed by atoms with Crippen molar-refractivity contribution in [2.45, 2.75) is 45.8 Å². The number of aromatic nitrogens is 1. The molecule has 0 saturated carbocycles. The first-order valence-corrected chi connectivity index (χ1v) is 11.0. The van der Waals surface area contributed by atoms with Gasteiger partial charge in [0.05, 0.1) is 28.5 Å². The van der Waals surface area contributed by atoms with Crippen LogP contribution in [0.1, 0.15) is 50.0 Å². The molecule has 3 rings (SSSR count). The Morgan fingerprint density at radius 2 is 2.03 bits per heavy atom. The third-order valence-electron chi connectivity index (χ3n) is 5.29. The zero-order valence-corrected chi connectivity index (χ0v) is 19.9. The van der Waals surface area contributed by atoms with Crippen LogP contribution in [0.2, 0.25) is 5.02 Å². The number of benzene rings is 1. The number of pyridine rings is 1. The number of likely N-dealkylation sites (N-methyl/N-ethyl adjacent to an activating group) is 1. The Hall–Kier alpha value is -2.80. The van der Waals surface area contributed by atoms with Crippen molar-refractivity contribution in [3.05, 3.63) is 59.1 Å². The molecule has 0 aliphatic carbocycles. The summed E-state index contributed by atoms with van der Waals surface area (Å²) in [7, 11) is 1.77. The largest absolute Gasteiger partial charge is 0.444 e. The molecule has 1 fully saturated rings. The third-order valence-corrected chi connectivity index (χ3v) is 5.62. The lowest BCUT2D eigenvalue weighted by Crippen LogP contribution is -2.42. The number of nitrogens with zero attached hydrogens (tertiary/aromatic N) is 3. The van der Waals surface area contributed by atoms with Crippen LogP contribution < -0.4 is 10.2 Å². The number of nitrogens with one attached hydrogen (secondary N) is 1. The molecule has 1 N–H and O–H groups in total. The van der Waals surface area contributed by atoms with Gasteiger partial charge in [-0.2, -0.15) is 0 Å². The van der Waals surface area contributed by atoms with Crippen LogP contribution in [0.25, 0.3) is 0 Å². The number of carbonyl (C=O) groups excluding carboxylic acids is 2. The standard InChI is InChI=1S/C24H30ClN4O3/c1-6-16-7-9-20(25)19(13-16)22(30)27-17-8-10-21(26-14-17)29-12-11-18(15-29)28(5)23(31)32-24(2,3)4/h6-10,13-14,18H,11-12,15H2,1-5H3,(H,27,30). The van der Waals surface area contributed by atoms with Crippen LogP contribution in [0.15, 0.2) is 36.5 Å². The number of amides is 2. The monoisotopic (exact) mass is 457 g/mol. The normalized spacial score (nSPS) is 16.1. The minimum absolute atomic E-state index is 0.0517. The highest BCUT2D eigenvalue weighted by atomic mass is 35.5. The minimum atomic E-state index is -0.522. The highest BCUT2D eigenvalue weighted by Gasteiger charge is 2.31. The van der Waals surface area contributed by atoms with E-state index in [9.17, 15) is 9.59 Å². The zero-order chi connectivity index (χ0) is 23.5. The smallest absolute Gasteiger partial charge is 0.410 e. The Balaban J connectivity index is 1.60. The van der Waals surface area contributed by atoms with Crippen molar-refractivity contribution in [2.24, 2.45) is 0 Å². The van der Waals surface area contributed by atoms with Gasteiger partial charge < -0.3 is 19.9 Å². The van der Waals surface area contributed by atoms with Gasteiger partial charge in [0.25, 0.3) is 5.91 Å². The van der Waals surface area contributed by atoms with Crippen molar-refractivity contribution < 1.29 is 14.3 Å². The second-order valence-electron chi connectivity index (χ2n) is 8.87. The Kier molecular flexibility index (Phi) is 7.29. The maximum absolute atomic E-state index is 12.6. The van der Waals surface area contributed by atoms with Gasteiger partial charge in [-0.1, -0.05) is 24.6 Å². The van der Waals surface area contributed by atoms with Crippen molar-refractivity contribution in [2.75, 3.05) is 30.4 Å². The molecule has 1 aromatic carbocycles. The quantitative estimate of drug-likeness (QED) is 0.683. The van der Waals surface area contributed by atoms with E-state index in [2.05, 4.69) is 15.2 Å². The van der Waals surface area contributed by atoms with Crippen molar-refractivity contribution in [3.63, 3.8) is 0 Å². The molecule has 7 nitrogen and oxygen atoms in total. The summed E-state index contributed by atoms with van der Waals surface area (Å²) in [5.41, 5.74) is 1.40. The number of ether oxygens (including phenoxy) is 1. The van der Waals surface area contributed by atoms with Gasteiger partial charge in [-0.05, 0) is 63.4 Å². The molecule has 32 heavy (non-hydrogen) atoms. The molecule has 8 heteroatoms. The minimum Gasteiger partial charge on any atom is -0.444 e. The van der Waals surface area contributed by atoms with Crippen LogP contribution in [0.5, 0.6) is 0 Å². The first kappa shape index (κ1) is 23.9. The molecular weight excluding hydrogens is 428 g/mol. The molecule has 2 amide bonds. The van der Waals surface area contributed by atoms with E-state index in [4.69, 9.17) is 16.3 Å². The SMILES string of the molecule is C[CH]c1ccc(Cl)c(C(=O)Nc2ccc(N3CCC(N(C)C(=O)OC(C)(C)C)C3)nc2)c1. The van der Waals surface area contributed by atoms with E-state index in [1.165, 1.54) is 0 Å². The topological polar surface area (TPSA) is 74.8 Å². The Labute approximate surface area is 194 Å². The summed E-state index contributed by atoms with van der Waals surface area (Å²) in [5, 5.41) is 3.24. The number of rotatable bonds is 5. The molecule has 1 saturated heterocycles. The number of hydrogen-bond acceptors (Lipinski definition) is 5. The molecule has 171 valence electrons. The molecule has 1 unspecified atom stereocenters. The van der Waals surface area contributed by atoms with Crippen LogP contribution in [-0.2, 0) is 4.74 Å². The second kappa shape index (κ2) is 9.77. The van der Waals surface area contributed by atoms with Gasteiger partial charge in [0.15, 0.2) is 0 Å². The average molecular weight is 458 g/mol. The molecule has 0 bridgehead atoms. The lowest BCUT2D eigenvalue weighted by atomic mass is 10.1. The van der Waals surface area contributed by atoms with E-state index in [1.54, 1.807) is 30.3 Å². The molecule has 1 aromatic heterocycles. The molecule has 1 aliphatic rings. The molecule has 1 aliphatic heterocycles. The van der Waals surface area contributed by atoms with Crippen LogP contribution in [0.3, 0.4) is 0 Å². The van der Waals surface area contributed by atoms with E-state index in [0.717, 1.165) is 24.3 Å². The Bertz CT molecular complexity index is 972. The fourth-order valence-corrected chi connectivity index (χ4v) is 3.69. The fraction of sp³-hybridized carbons (Fsp3) is 0.417. The number of hydrogen-bond donors (Lipinski definition) is 1. The summed E-state index contributed by atoms with van der Waals surface area (Å²) >= 11 is 6.19. The van der Waals surface area contributed by atoms with Gasteiger partial charge in [-0.15, -0.1) is 0 Å². The van der Waals surface area contributed by atoms with E-state index in [-0.39, 0.29) is 18.0 Å². The highest BCUT2D eigenvalue weighted by Crippen LogP contribution is 2.24. The van der Waals surface area contributed by atoms with E-state index >= 15 is 0 Å². The lowest BCUT2D eigenvalue weighted by Gasteiger charge is -2.28. The second-order valence-corrected chi connectivity index (χ2v) is 9.27. The summed E-state index contributed by atoms with van der Waals surface area (Å²) in [5.74, 6) is 0.511. The van der Waals surface area contributed by atoms with E-state index in [0.29, 0.717) is 22.8 Å². The number of anilines is 2. The lowest BCUT2D eigenvalue weighted by molar-refractivity contribution is 0.0237. The van der Waals surface area contributed by atoms with Crippen molar-refractivity contribution >= 4 is 35.1 Å². The summed E-state index contributed by atoms with van der Waals surface area (Å²) in [6, 6.07) is 9.06. The van der Waals surface area contributed by atoms with E-state index in [1.807, 2.05) is 52.3 Å². The molecule has 2 aromatic rings. The predicted octanol–water partition coefficient (Wildman–Crippen LogP) is 5.01. The molecule has 1 atom stereocenters. The highest BCUT2D eigenvalue weighted by molar-refractivity contribution is 6.34. The molecule has 1 radical (unpaired) electrons. The summed E-state index contributed by atoms with van der Waals surface area (Å²) < 4.78 is 5.47. The predicted molar refractivity (Wildman–Crippen MR) is 127 cm³/mol. The van der Waals surface area contributed by atoms with Gasteiger partial charge >= 0.3 is 6.09 Å². The van der Waals surface area contributed by atoms with Gasteiger partial charge in [0, 0.05) is 20.1 Å². The maximum Gasteiger partial charge on any atom is 0.410 e. The Morgan fingerprint density at radius 3 is 2.66 bits per heavy atom. The number of carbonyl (C=O) groups is 2. The number of halogens is 1. The fourth-order valence-electron chi connectivity index (χ4n) is 3.49. The van der Waals surface area contributed by atoms with Gasteiger partial charge in [-0.3, -0.25) is 4.79 Å². The van der Waals surface area contributed by atoms with Crippen LogP contribution >= 0.6 is 11.6 Å². The van der Waals surface area contributed by atoms with Gasteiger partial charge in [-0.25, -0.2) is 9.78 Å². The van der Waals surface area contributed by atoms with Crippen molar-refractivity contribution in [3.8, 4) is 0 Å². The van der Waals surface area contributed by atoms with Crippen LogP contribution in [-0.4, -0.2) is 53.7 Å². The summed E-state index contributed by atoms with van der Waals surface area (Å²) in [6.07, 6.45) is 4.05. The molecule has 2 heterocycles. The zero-order valence-electron chi connectivity index (χ0n) is 19.2. The first-order valence-electron chi connectivity index (χ1n) is 10.6. The molecule has 0 spiro atoms. The summed E-state index contributed by atoms with van der Waals surface area (Å²) in [6.45, 7) is 8.93. The first-order chi connectivity index (χ1) is 15.1. The maximum atomic E-state index is 12.6. The van der Waals surface area contributed by atoms with Crippen molar-refractivity contribution in [1.29, 1.82) is 0 Å². The average Bonchev–Trinajstić information content (AvgIpc) is 3.23. The Morgan fingerprint density at radius 1 is 1.28 bits per heavy atom.